The molecule has 31 heavy (non-hydrogen) atoms. The zero-order valence-electron chi connectivity index (χ0n) is 17.4. The van der Waals surface area contributed by atoms with E-state index in [0.29, 0.717) is 17.4 Å². The van der Waals surface area contributed by atoms with Gasteiger partial charge >= 0.3 is 0 Å². The average Bonchev–Trinajstić information content (AvgIpc) is 2.77. The maximum absolute atomic E-state index is 15.4. The lowest BCUT2D eigenvalue weighted by atomic mass is 9.74. The number of benzene rings is 2. The van der Waals surface area contributed by atoms with Gasteiger partial charge in [-0.05, 0) is 30.5 Å². The molecule has 168 valence electrons. The van der Waals surface area contributed by atoms with Gasteiger partial charge < -0.3 is 16.3 Å². The highest BCUT2D eigenvalue weighted by molar-refractivity contribution is 6.18. The van der Waals surface area contributed by atoms with Gasteiger partial charge in [-0.2, -0.15) is 0 Å². The fourth-order valence-electron chi connectivity index (χ4n) is 3.90. The van der Waals surface area contributed by atoms with Gasteiger partial charge in [-0.25, -0.2) is 4.39 Å². The van der Waals surface area contributed by atoms with Crippen LogP contribution in [-0.2, 0) is 21.5 Å². The number of hydrogen-bond donors (Lipinski definition) is 2. The van der Waals surface area contributed by atoms with E-state index in [1.807, 2.05) is 6.07 Å². The number of carbonyl (C=O) groups excluding carboxylic acids is 2. The Morgan fingerprint density at radius 2 is 1.74 bits per heavy atom. The summed E-state index contributed by atoms with van der Waals surface area (Å²) in [6.45, 7) is 2.13. The first-order valence-electron chi connectivity index (χ1n) is 10.0. The number of nitrogens with zero attached hydrogens (tertiary/aromatic N) is 1. The predicted molar refractivity (Wildman–Crippen MR) is 123 cm³/mol. The number of rotatable bonds is 12. The van der Waals surface area contributed by atoms with E-state index in [2.05, 4.69) is 0 Å². The van der Waals surface area contributed by atoms with Crippen molar-refractivity contribution in [3.8, 4) is 0 Å². The van der Waals surface area contributed by atoms with E-state index in [-0.39, 0.29) is 42.6 Å². The molecule has 2 aromatic carbocycles. The van der Waals surface area contributed by atoms with Gasteiger partial charge in [-0.3, -0.25) is 9.69 Å². The smallest absolute Gasteiger partial charge is 0.178 e. The Kier molecular flexibility index (Phi) is 9.59. The van der Waals surface area contributed by atoms with E-state index in [4.69, 9.17) is 34.7 Å². The first kappa shape index (κ1) is 25.4. The summed E-state index contributed by atoms with van der Waals surface area (Å²) < 4.78 is 15.4. The van der Waals surface area contributed by atoms with Gasteiger partial charge in [0.1, 0.15) is 17.6 Å². The van der Waals surface area contributed by atoms with Crippen LogP contribution in [0.1, 0.15) is 23.6 Å². The number of Topliss-reactive ketones (excluding diaryl/α,β-unsaturated/α-hetero) is 1. The molecule has 0 bridgehead atoms. The molecule has 0 amide bonds. The maximum Gasteiger partial charge on any atom is 0.178 e. The topological polar surface area (TPSA) is 89.4 Å². The van der Waals surface area contributed by atoms with Crippen LogP contribution < -0.4 is 11.5 Å². The van der Waals surface area contributed by atoms with Gasteiger partial charge in [0.25, 0.3) is 0 Å². The zero-order chi connectivity index (χ0) is 23.0. The average molecular weight is 468 g/mol. The minimum atomic E-state index is -1.55. The van der Waals surface area contributed by atoms with Gasteiger partial charge in [0, 0.05) is 30.4 Å². The monoisotopic (exact) mass is 467 g/mol. The molecule has 0 saturated carbocycles. The van der Waals surface area contributed by atoms with Crippen molar-refractivity contribution < 1.29 is 14.0 Å². The summed E-state index contributed by atoms with van der Waals surface area (Å²) in [6.07, 6.45) is 0.840. The van der Waals surface area contributed by atoms with Crippen molar-refractivity contribution >= 4 is 35.3 Å². The number of ketones is 1. The molecule has 0 fully saturated rings. The van der Waals surface area contributed by atoms with Crippen LogP contribution in [0.25, 0.3) is 0 Å². The lowest BCUT2D eigenvalue weighted by Gasteiger charge is -2.44. The molecule has 0 aliphatic rings. The highest BCUT2D eigenvalue weighted by Crippen LogP contribution is 2.40. The Morgan fingerprint density at radius 1 is 1.13 bits per heavy atom. The van der Waals surface area contributed by atoms with Gasteiger partial charge in [0.2, 0.25) is 0 Å². The van der Waals surface area contributed by atoms with Crippen molar-refractivity contribution in [2.45, 2.75) is 31.0 Å². The van der Waals surface area contributed by atoms with Crippen LogP contribution in [-0.4, -0.2) is 53.9 Å². The van der Waals surface area contributed by atoms with Crippen LogP contribution in [0.2, 0.25) is 0 Å². The van der Waals surface area contributed by atoms with E-state index in [0.717, 1.165) is 0 Å². The maximum atomic E-state index is 15.4. The molecule has 2 rings (SSSR count). The van der Waals surface area contributed by atoms with E-state index < -0.39 is 23.4 Å². The molecule has 0 aromatic heterocycles. The second kappa shape index (κ2) is 11.7. The summed E-state index contributed by atoms with van der Waals surface area (Å²) >= 11 is 12.2. The number of carbonyl (C=O) groups is 2. The highest BCUT2D eigenvalue weighted by atomic mass is 35.5. The minimum absolute atomic E-state index is 0.131. The number of halogens is 3. The summed E-state index contributed by atoms with van der Waals surface area (Å²) in [5.41, 5.74) is 11.6. The first-order chi connectivity index (χ1) is 14.8. The Morgan fingerprint density at radius 3 is 2.26 bits per heavy atom. The van der Waals surface area contributed by atoms with Crippen LogP contribution in [0.15, 0.2) is 48.5 Å². The van der Waals surface area contributed by atoms with Crippen molar-refractivity contribution in [1.82, 2.24) is 4.90 Å². The Labute approximate surface area is 192 Å². The lowest BCUT2D eigenvalue weighted by molar-refractivity contribution is -0.130. The standard InChI is InChI=1S/C23H28Cl2FN3O2/c1-16(27)22(31)23(18-5-3-2-4-6-18,29(11-9-24)12-10-25)20-14-17(7-8-21(20)26)13-19(28)15-30/h2-8,14-16,19H,9-13,27-28H2,1H3/t16-,19-,23?/m0/s1. The third kappa shape index (κ3) is 5.51. The Balaban J connectivity index is 2.90. The molecule has 2 aromatic rings. The third-order valence-corrected chi connectivity index (χ3v) is 5.55. The minimum Gasteiger partial charge on any atom is -0.322 e. The second-order valence-electron chi connectivity index (χ2n) is 7.41. The Hall–Kier alpha value is -1.83. The van der Waals surface area contributed by atoms with Crippen molar-refractivity contribution in [3.63, 3.8) is 0 Å². The number of aldehydes is 1. The molecule has 0 heterocycles. The van der Waals surface area contributed by atoms with Gasteiger partial charge in [0.05, 0.1) is 12.1 Å². The van der Waals surface area contributed by atoms with Crippen molar-refractivity contribution in [2.24, 2.45) is 11.5 Å². The van der Waals surface area contributed by atoms with Crippen LogP contribution >= 0.6 is 23.2 Å². The molecule has 0 spiro atoms. The van der Waals surface area contributed by atoms with E-state index in [1.165, 1.54) is 6.07 Å². The lowest BCUT2D eigenvalue weighted by Crippen LogP contribution is -2.58. The summed E-state index contributed by atoms with van der Waals surface area (Å²) in [5, 5.41) is 0. The summed E-state index contributed by atoms with van der Waals surface area (Å²) in [4.78, 5) is 26.6. The molecule has 0 aliphatic heterocycles. The summed E-state index contributed by atoms with van der Waals surface area (Å²) in [7, 11) is 0. The molecular weight excluding hydrogens is 440 g/mol. The molecule has 0 radical (unpaired) electrons. The summed E-state index contributed by atoms with van der Waals surface area (Å²) in [6, 6.07) is 11.7. The Bertz CT molecular complexity index is 876. The SMILES string of the molecule is C[C@H](N)C(=O)C(c1ccccc1)(c1cc(C[C@H](N)C=O)ccc1F)N(CCCl)CCCl. The van der Waals surface area contributed by atoms with Crippen molar-refractivity contribution in [3.05, 3.63) is 71.0 Å². The molecule has 3 atom stereocenters. The normalized spacial score (nSPS) is 15.3. The van der Waals surface area contributed by atoms with Crippen molar-refractivity contribution in [2.75, 3.05) is 24.8 Å². The van der Waals surface area contributed by atoms with E-state index in [9.17, 15) is 9.59 Å². The predicted octanol–water partition coefficient (Wildman–Crippen LogP) is 2.83. The number of nitrogens with two attached hydrogens (primary N) is 2. The molecule has 8 heteroatoms. The van der Waals surface area contributed by atoms with Crippen molar-refractivity contribution in [1.29, 1.82) is 0 Å². The van der Waals surface area contributed by atoms with Crippen LogP contribution in [0.5, 0.6) is 0 Å². The third-order valence-electron chi connectivity index (χ3n) is 5.21. The highest BCUT2D eigenvalue weighted by Gasteiger charge is 2.49. The molecule has 4 N–H and O–H groups in total. The second-order valence-corrected chi connectivity index (χ2v) is 8.17. The number of alkyl halides is 2. The van der Waals surface area contributed by atoms with Crippen LogP contribution in [0.3, 0.4) is 0 Å². The number of hydrogen-bond acceptors (Lipinski definition) is 5. The van der Waals surface area contributed by atoms with E-state index >= 15 is 4.39 Å². The fourth-order valence-corrected chi connectivity index (χ4v) is 4.30. The molecule has 1 unspecified atom stereocenters. The first-order valence-corrected chi connectivity index (χ1v) is 11.1. The summed E-state index contributed by atoms with van der Waals surface area (Å²) in [5.74, 6) is -0.551. The van der Waals surface area contributed by atoms with Crippen LogP contribution in [0, 0.1) is 5.82 Å². The fraction of sp³-hybridized carbons (Fsp3) is 0.391. The quantitative estimate of drug-likeness (QED) is 0.370. The molecular formula is C23H28Cl2FN3O2. The van der Waals surface area contributed by atoms with Gasteiger partial charge in [-0.15, -0.1) is 23.2 Å². The van der Waals surface area contributed by atoms with Gasteiger partial charge in [-0.1, -0.05) is 42.5 Å². The zero-order valence-corrected chi connectivity index (χ0v) is 19.0. The largest absolute Gasteiger partial charge is 0.322 e. The van der Waals surface area contributed by atoms with E-state index in [1.54, 1.807) is 48.2 Å². The molecule has 0 saturated heterocycles. The molecule has 0 aliphatic carbocycles. The van der Waals surface area contributed by atoms with Gasteiger partial charge in [0.15, 0.2) is 5.78 Å². The molecule has 5 nitrogen and oxygen atoms in total. The van der Waals surface area contributed by atoms with Crippen LogP contribution in [0.4, 0.5) is 4.39 Å².